The van der Waals surface area contributed by atoms with Crippen molar-refractivity contribution in [2.75, 3.05) is 6.54 Å². The first-order valence-corrected chi connectivity index (χ1v) is 10.5. The first-order chi connectivity index (χ1) is 13.3. The highest BCUT2D eigenvalue weighted by Crippen LogP contribution is 2.35. The number of benzene rings is 1. The fourth-order valence-electron chi connectivity index (χ4n) is 3.19. The van der Waals surface area contributed by atoms with Gasteiger partial charge in [-0.05, 0) is 55.4 Å². The lowest BCUT2D eigenvalue weighted by atomic mass is 9.93. The van der Waals surface area contributed by atoms with E-state index in [2.05, 4.69) is 64.7 Å². The minimum Gasteiger partial charge on any atom is -0.288 e. The van der Waals surface area contributed by atoms with Gasteiger partial charge in [-0.3, -0.25) is 9.98 Å². The lowest BCUT2D eigenvalue weighted by Gasteiger charge is -2.17. The van der Waals surface area contributed by atoms with Crippen molar-refractivity contribution >= 4 is 17.1 Å². The molecule has 0 radical (unpaired) electrons. The van der Waals surface area contributed by atoms with Crippen molar-refractivity contribution in [3.8, 4) is 0 Å². The molecule has 0 aliphatic heterocycles. The topological polar surface area (TPSA) is 37.6 Å². The van der Waals surface area contributed by atoms with E-state index in [0.717, 1.165) is 47.9 Å². The van der Waals surface area contributed by atoms with Gasteiger partial charge in [0.2, 0.25) is 0 Å². The maximum absolute atomic E-state index is 5.06. The third kappa shape index (κ3) is 5.60. The van der Waals surface area contributed by atoms with Crippen LogP contribution in [-0.4, -0.2) is 23.0 Å². The lowest BCUT2D eigenvalue weighted by molar-refractivity contribution is 0.807. The number of nitrogens with zero attached hydrogens (tertiary/aromatic N) is 3. The Hall–Kier alpha value is -2.29. The molecule has 0 spiro atoms. The molecule has 3 heteroatoms. The molecule has 0 aliphatic carbocycles. The lowest BCUT2D eigenvalue weighted by Crippen LogP contribution is -2.06. The van der Waals surface area contributed by atoms with Gasteiger partial charge in [0.25, 0.3) is 0 Å². The van der Waals surface area contributed by atoms with E-state index < -0.39 is 0 Å². The molecular weight excluding hydrogens is 342 g/mol. The van der Waals surface area contributed by atoms with E-state index in [1.54, 1.807) is 0 Å². The zero-order chi connectivity index (χ0) is 20.7. The van der Waals surface area contributed by atoms with E-state index in [9.17, 15) is 0 Å². The van der Waals surface area contributed by atoms with Gasteiger partial charge in [-0.1, -0.05) is 65.3 Å². The predicted octanol–water partition coefficient (Wildman–Crippen LogP) is 7.08. The molecule has 1 aromatic carbocycles. The summed E-state index contributed by atoms with van der Waals surface area (Å²) in [4.78, 5) is 14.6. The summed E-state index contributed by atoms with van der Waals surface area (Å²) in [6.45, 7) is 16.0. The number of aromatic nitrogens is 1. The van der Waals surface area contributed by atoms with Crippen LogP contribution in [-0.2, 0) is 0 Å². The highest BCUT2D eigenvalue weighted by molar-refractivity contribution is 6.01. The maximum Gasteiger partial charge on any atom is 0.0849 e. The van der Waals surface area contributed by atoms with Crippen molar-refractivity contribution in [3.05, 3.63) is 58.9 Å². The Morgan fingerprint density at radius 2 is 1.39 bits per heavy atom. The van der Waals surface area contributed by atoms with Crippen molar-refractivity contribution < 1.29 is 0 Å². The summed E-state index contributed by atoms with van der Waals surface area (Å²) in [6.07, 6.45) is 2.27. The quantitative estimate of drug-likeness (QED) is 0.358. The first-order valence-electron chi connectivity index (χ1n) is 10.5. The zero-order valence-electron chi connectivity index (χ0n) is 18.6. The molecule has 0 unspecified atom stereocenters. The third-order valence-electron chi connectivity index (χ3n) is 4.97. The van der Waals surface area contributed by atoms with Gasteiger partial charge in [0.1, 0.15) is 0 Å². The molecule has 0 amide bonds. The van der Waals surface area contributed by atoms with Crippen LogP contribution in [0.25, 0.3) is 0 Å². The predicted molar refractivity (Wildman–Crippen MR) is 123 cm³/mol. The standard InChI is InChI=1S/C25H35N3/c1-8-9-16-26-19(6)23-14-11-15-24(28-23)20(7)27-25-21(17(2)3)12-10-13-22(25)18(4)5/h10-15,17-18H,8-9,16H2,1-7H3. The number of hydrogen-bond acceptors (Lipinski definition) is 3. The van der Waals surface area contributed by atoms with Crippen LogP contribution in [0, 0.1) is 0 Å². The van der Waals surface area contributed by atoms with Gasteiger partial charge in [-0.25, -0.2) is 4.98 Å². The highest BCUT2D eigenvalue weighted by Gasteiger charge is 2.14. The number of aliphatic imine (C=N–C) groups is 2. The summed E-state index contributed by atoms with van der Waals surface area (Å²) in [5, 5.41) is 0. The summed E-state index contributed by atoms with van der Waals surface area (Å²) in [5.41, 5.74) is 7.47. The second-order valence-corrected chi connectivity index (χ2v) is 8.02. The van der Waals surface area contributed by atoms with Gasteiger partial charge in [0.05, 0.1) is 28.5 Å². The number of para-hydroxylation sites is 1. The van der Waals surface area contributed by atoms with Crippen molar-refractivity contribution in [2.45, 2.75) is 73.1 Å². The molecule has 0 saturated heterocycles. The molecule has 0 saturated carbocycles. The second kappa shape index (κ2) is 10.3. The third-order valence-corrected chi connectivity index (χ3v) is 4.97. The summed E-state index contributed by atoms with van der Waals surface area (Å²) in [5.74, 6) is 0.856. The molecule has 0 bridgehead atoms. The largest absolute Gasteiger partial charge is 0.288 e. The molecule has 2 rings (SSSR count). The molecular formula is C25H35N3. The van der Waals surface area contributed by atoms with Gasteiger partial charge < -0.3 is 0 Å². The molecule has 0 fully saturated rings. The summed E-state index contributed by atoms with van der Waals surface area (Å²) in [6, 6.07) is 12.6. The van der Waals surface area contributed by atoms with Gasteiger partial charge >= 0.3 is 0 Å². The number of rotatable bonds is 8. The van der Waals surface area contributed by atoms with Crippen LogP contribution in [0.3, 0.4) is 0 Å². The van der Waals surface area contributed by atoms with Crippen LogP contribution < -0.4 is 0 Å². The average molecular weight is 378 g/mol. The SMILES string of the molecule is CCCCN=C(C)c1cccc(C(C)=Nc2c(C(C)C)cccc2C(C)C)n1. The van der Waals surface area contributed by atoms with Crippen LogP contribution in [0.5, 0.6) is 0 Å². The van der Waals surface area contributed by atoms with E-state index >= 15 is 0 Å². The van der Waals surface area contributed by atoms with Crippen LogP contribution in [0.2, 0.25) is 0 Å². The normalized spacial score (nSPS) is 12.9. The molecule has 150 valence electrons. The molecule has 0 aliphatic rings. The highest BCUT2D eigenvalue weighted by atomic mass is 14.8. The van der Waals surface area contributed by atoms with E-state index in [1.807, 2.05) is 25.1 Å². The van der Waals surface area contributed by atoms with E-state index in [4.69, 9.17) is 9.98 Å². The Kier molecular flexibility index (Phi) is 8.10. The molecule has 1 heterocycles. The van der Waals surface area contributed by atoms with E-state index in [1.165, 1.54) is 11.1 Å². The van der Waals surface area contributed by atoms with Crippen molar-refractivity contribution in [1.82, 2.24) is 4.98 Å². The van der Waals surface area contributed by atoms with Crippen LogP contribution in [0.1, 0.15) is 95.7 Å². The summed E-state index contributed by atoms with van der Waals surface area (Å²) >= 11 is 0. The molecule has 0 N–H and O–H groups in total. The number of unbranched alkanes of at least 4 members (excludes halogenated alkanes) is 1. The summed E-state index contributed by atoms with van der Waals surface area (Å²) < 4.78 is 0. The number of hydrogen-bond donors (Lipinski definition) is 0. The van der Waals surface area contributed by atoms with Gasteiger partial charge in [-0.2, -0.15) is 0 Å². The van der Waals surface area contributed by atoms with Crippen molar-refractivity contribution in [1.29, 1.82) is 0 Å². The van der Waals surface area contributed by atoms with E-state index in [-0.39, 0.29) is 0 Å². The Morgan fingerprint density at radius 1 is 0.857 bits per heavy atom. The maximum atomic E-state index is 5.06. The second-order valence-electron chi connectivity index (χ2n) is 8.02. The molecule has 3 nitrogen and oxygen atoms in total. The van der Waals surface area contributed by atoms with Gasteiger partial charge in [0.15, 0.2) is 0 Å². The average Bonchev–Trinajstić information content (AvgIpc) is 2.67. The Morgan fingerprint density at radius 3 is 1.93 bits per heavy atom. The fraction of sp³-hybridized carbons (Fsp3) is 0.480. The minimum absolute atomic E-state index is 0.428. The Bertz CT molecular complexity index is 818. The van der Waals surface area contributed by atoms with Crippen LogP contribution >= 0.6 is 0 Å². The van der Waals surface area contributed by atoms with Gasteiger partial charge in [0, 0.05) is 6.54 Å². The van der Waals surface area contributed by atoms with Crippen LogP contribution in [0.4, 0.5) is 5.69 Å². The first kappa shape index (κ1) is 22.0. The smallest absolute Gasteiger partial charge is 0.0849 e. The molecule has 1 aromatic heterocycles. The fourth-order valence-corrected chi connectivity index (χ4v) is 3.19. The monoisotopic (exact) mass is 377 g/mol. The van der Waals surface area contributed by atoms with E-state index in [0.29, 0.717) is 11.8 Å². The Labute approximate surface area is 171 Å². The minimum atomic E-state index is 0.428. The van der Waals surface area contributed by atoms with Gasteiger partial charge in [-0.15, -0.1) is 0 Å². The van der Waals surface area contributed by atoms with Crippen molar-refractivity contribution in [3.63, 3.8) is 0 Å². The van der Waals surface area contributed by atoms with Crippen molar-refractivity contribution in [2.24, 2.45) is 9.98 Å². The number of pyridine rings is 1. The molecule has 0 atom stereocenters. The Balaban J connectivity index is 2.44. The summed E-state index contributed by atoms with van der Waals surface area (Å²) in [7, 11) is 0. The molecule has 2 aromatic rings. The molecule has 28 heavy (non-hydrogen) atoms. The van der Waals surface area contributed by atoms with Crippen LogP contribution in [0.15, 0.2) is 46.4 Å². The zero-order valence-corrected chi connectivity index (χ0v) is 18.6.